The summed E-state index contributed by atoms with van der Waals surface area (Å²) in [5.41, 5.74) is 12.5. The molecule has 1 fully saturated rings. The van der Waals surface area contributed by atoms with Gasteiger partial charge in [-0.15, -0.1) is 0 Å². The molecule has 4 aromatic rings. The zero-order chi connectivity index (χ0) is 42.1. The second-order valence-electron chi connectivity index (χ2n) is 13.5. The Labute approximate surface area is 351 Å². The van der Waals surface area contributed by atoms with Gasteiger partial charge in [-0.1, -0.05) is 52.3 Å². The maximum atomic E-state index is 13.8. The highest BCUT2D eigenvalue weighted by molar-refractivity contribution is 7.17. The van der Waals surface area contributed by atoms with Crippen LogP contribution in [0.5, 0.6) is 0 Å². The predicted molar refractivity (Wildman–Crippen MR) is 227 cm³/mol. The number of rotatable bonds is 20. The number of ether oxygens (including phenoxy) is 3. The zero-order valence-electron chi connectivity index (χ0n) is 33.6. The lowest BCUT2D eigenvalue weighted by molar-refractivity contribution is -0.133. The lowest BCUT2D eigenvalue weighted by Gasteiger charge is -2.36. The Morgan fingerprint density at radius 2 is 1.78 bits per heavy atom. The van der Waals surface area contributed by atoms with E-state index in [9.17, 15) is 14.4 Å². The molecule has 3 amide bonds. The fourth-order valence-corrected chi connectivity index (χ4v) is 7.03. The molecular formula is C39H49ClN12O6S. The summed E-state index contributed by atoms with van der Waals surface area (Å²) in [7, 11) is 0. The Bertz CT molecular complexity index is 2090. The quantitative estimate of drug-likeness (QED) is 0.0383. The third kappa shape index (κ3) is 13.8. The molecule has 0 saturated carbocycles. The molecule has 0 aliphatic carbocycles. The number of amides is 3. The molecule has 2 aromatic carbocycles. The molecule has 314 valence electrons. The fraction of sp³-hybridized carbons (Fsp3) is 0.436. The van der Waals surface area contributed by atoms with Gasteiger partial charge in [0.1, 0.15) is 28.9 Å². The monoisotopic (exact) mass is 848 g/mol. The molecule has 18 nitrogen and oxygen atoms in total. The minimum Gasteiger partial charge on any atom is -0.447 e. The van der Waals surface area contributed by atoms with Crippen LogP contribution in [0.25, 0.3) is 10.4 Å². The fourth-order valence-electron chi connectivity index (χ4n) is 6.04. The summed E-state index contributed by atoms with van der Waals surface area (Å²) in [6, 6.07) is 12.8. The molecule has 3 heterocycles. The third-order valence-electron chi connectivity index (χ3n) is 9.14. The van der Waals surface area contributed by atoms with Crippen LogP contribution < -0.4 is 20.9 Å². The van der Waals surface area contributed by atoms with E-state index < -0.39 is 6.09 Å². The van der Waals surface area contributed by atoms with Gasteiger partial charge in [-0.05, 0) is 62.0 Å². The van der Waals surface area contributed by atoms with Crippen molar-refractivity contribution in [3.8, 4) is 0 Å². The van der Waals surface area contributed by atoms with E-state index in [1.165, 1.54) is 17.5 Å². The summed E-state index contributed by atoms with van der Waals surface area (Å²) in [6.07, 6.45) is 0.895. The van der Waals surface area contributed by atoms with Crippen LogP contribution in [0.2, 0.25) is 5.02 Å². The van der Waals surface area contributed by atoms with Gasteiger partial charge in [-0.3, -0.25) is 14.5 Å². The SMILES string of the molecule is CCOCCOCCOC(=O)NCCN(Cc1ccc(C)c(N=[N+]=[N-])c1)C(=O)CN1CCN(c2cc(Nc3ncc(C(=O)Nc4c(C)cccc4Cl)s3)nc(C)n2)CC1. The van der Waals surface area contributed by atoms with Gasteiger partial charge in [0.2, 0.25) is 5.91 Å². The molecule has 0 spiro atoms. The van der Waals surface area contributed by atoms with Crippen LogP contribution in [0.3, 0.4) is 0 Å². The molecule has 20 heteroatoms. The number of aryl methyl sites for hydroxylation is 3. The van der Waals surface area contributed by atoms with Crippen LogP contribution in [-0.4, -0.2) is 122 Å². The van der Waals surface area contributed by atoms with Crippen LogP contribution >= 0.6 is 22.9 Å². The highest BCUT2D eigenvalue weighted by atomic mass is 35.5. The number of halogens is 1. The van der Waals surface area contributed by atoms with E-state index in [0.29, 0.717) is 84.0 Å². The van der Waals surface area contributed by atoms with E-state index >= 15 is 0 Å². The number of benzene rings is 2. The van der Waals surface area contributed by atoms with Gasteiger partial charge >= 0.3 is 6.09 Å². The lowest BCUT2D eigenvalue weighted by Crippen LogP contribution is -2.51. The first-order valence-corrected chi connectivity index (χ1v) is 20.3. The van der Waals surface area contributed by atoms with Crippen molar-refractivity contribution >= 4 is 69.0 Å². The molecule has 1 aliphatic heterocycles. The Hall–Kier alpha value is -5.56. The maximum absolute atomic E-state index is 13.8. The van der Waals surface area contributed by atoms with Crippen molar-refractivity contribution in [3.63, 3.8) is 0 Å². The summed E-state index contributed by atoms with van der Waals surface area (Å²) in [5.74, 6) is 1.38. The number of nitrogens with one attached hydrogen (secondary N) is 3. The second kappa shape index (κ2) is 22.6. The van der Waals surface area contributed by atoms with Gasteiger partial charge in [0.05, 0.1) is 43.3 Å². The molecule has 59 heavy (non-hydrogen) atoms. The first kappa shape index (κ1) is 44.5. The number of aromatic nitrogens is 3. The van der Waals surface area contributed by atoms with Crippen LogP contribution in [-0.2, 0) is 25.5 Å². The number of anilines is 4. The molecule has 5 rings (SSSR count). The topological polar surface area (TPSA) is 212 Å². The molecule has 0 atom stereocenters. The summed E-state index contributed by atoms with van der Waals surface area (Å²) in [5, 5.41) is 13.5. The van der Waals surface area contributed by atoms with Crippen molar-refractivity contribution in [1.82, 2.24) is 30.1 Å². The number of piperazine rings is 1. The van der Waals surface area contributed by atoms with Gasteiger partial charge < -0.3 is 40.0 Å². The van der Waals surface area contributed by atoms with Crippen molar-refractivity contribution < 1.29 is 28.6 Å². The number of carbonyl (C=O) groups excluding carboxylic acids is 3. The summed E-state index contributed by atoms with van der Waals surface area (Å²) in [4.78, 5) is 61.9. The number of hydrogen-bond donors (Lipinski definition) is 3. The molecule has 0 bridgehead atoms. The highest BCUT2D eigenvalue weighted by Crippen LogP contribution is 2.29. The van der Waals surface area contributed by atoms with Crippen LogP contribution in [0.15, 0.2) is 53.8 Å². The number of nitrogens with zero attached hydrogens (tertiary/aromatic N) is 9. The average molecular weight is 849 g/mol. The minimum absolute atomic E-state index is 0.0863. The Morgan fingerprint density at radius 3 is 2.54 bits per heavy atom. The Balaban J connectivity index is 1.15. The van der Waals surface area contributed by atoms with Crippen molar-refractivity contribution in [3.05, 3.63) is 91.5 Å². The molecule has 1 aliphatic rings. The maximum Gasteiger partial charge on any atom is 0.407 e. The summed E-state index contributed by atoms with van der Waals surface area (Å²) < 4.78 is 15.8. The number of alkyl carbamates (subject to hydrolysis) is 1. The third-order valence-corrected chi connectivity index (χ3v) is 10.4. The number of carbonyl (C=O) groups is 3. The highest BCUT2D eigenvalue weighted by Gasteiger charge is 2.24. The Morgan fingerprint density at radius 1 is 1.00 bits per heavy atom. The van der Waals surface area contributed by atoms with Crippen LogP contribution in [0.1, 0.15) is 39.1 Å². The number of azide groups is 1. The molecule has 2 aromatic heterocycles. The van der Waals surface area contributed by atoms with Gasteiger partial charge in [0.25, 0.3) is 5.91 Å². The zero-order valence-corrected chi connectivity index (χ0v) is 35.1. The molecule has 1 saturated heterocycles. The van der Waals surface area contributed by atoms with Crippen LogP contribution in [0.4, 0.5) is 32.9 Å². The minimum atomic E-state index is -0.607. The Kier molecular flexibility index (Phi) is 17.0. The van der Waals surface area contributed by atoms with Crippen molar-refractivity contribution in [2.24, 2.45) is 5.11 Å². The standard InChI is InChI=1S/C39H49ClN12O6S/c1-5-56-17-18-57-19-20-58-39(55)42-11-12-52(24-29-10-9-26(2)31(21-29)48-49-41)35(53)25-50-13-15-51(16-14-50)34-22-33(44-28(4)45-34)46-38-43-23-32(59-38)37(54)47-36-27(3)7-6-8-30(36)40/h6-10,21-23H,5,11-20,24-25H2,1-4H3,(H,42,55)(H,47,54)(H,43,44,45,46). The number of hydrogen-bond acceptors (Lipinski definition) is 14. The van der Waals surface area contributed by atoms with Gasteiger partial charge in [-0.2, -0.15) is 0 Å². The van der Waals surface area contributed by atoms with Gasteiger partial charge in [-0.25, -0.2) is 19.7 Å². The largest absolute Gasteiger partial charge is 0.447 e. The van der Waals surface area contributed by atoms with Gasteiger partial charge in [0.15, 0.2) is 5.13 Å². The van der Waals surface area contributed by atoms with E-state index in [-0.39, 0.29) is 51.2 Å². The van der Waals surface area contributed by atoms with Crippen molar-refractivity contribution in [1.29, 1.82) is 0 Å². The number of thiazole rings is 1. The first-order valence-electron chi connectivity index (χ1n) is 19.1. The lowest BCUT2D eigenvalue weighted by atomic mass is 10.1. The summed E-state index contributed by atoms with van der Waals surface area (Å²) >= 11 is 7.49. The first-order chi connectivity index (χ1) is 28.5. The van der Waals surface area contributed by atoms with E-state index in [2.05, 4.69) is 50.7 Å². The van der Waals surface area contributed by atoms with Crippen molar-refractivity contribution in [2.75, 3.05) is 94.4 Å². The van der Waals surface area contributed by atoms with E-state index in [1.54, 1.807) is 17.0 Å². The van der Waals surface area contributed by atoms with Gasteiger partial charge in [0, 0.05) is 69.1 Å². The predicted octanol–water partition coefficient (Wildman–Crippen LogP) is 6.38. The molecule has 0 unspecified atom stereocenters. The van der Waals surface area contributed by atoms with E-state index in [4.69, 9.17) is 31.3 Å². The number of para-hydroxylation sites is 1. The van der Waals surface area contributed by atoms with E-state index in [1.807, 2.05) is 58.0 Å². The molecular weight excluding hydrogens is 800 g/mol. The average Bonchev–Trinajstić information content (AvgIpc) is 3.68. The second-order valence-corrected chi connectivity index (χ2v) is 14.9. The molecule has 3 N–H and O–H groups in total. The van der Waals surface area contributed by atoms with Crippen molar-refractivity contribution in [2.45, 2.75) is 34.2 Å². The smallest absolute Gasteiger partial charge is 0.407 e. The normalized spacial score (nSPS) is 12.7. The van der Waals surface area contributed by atoms with Crippen LogP contribution in [0, 0.1) is 20.8 Å². The molecule has 0 radical (unpaired) electrons. The summed E-state index contributed by atoms with van der Waals surface area (Å²) in [6.45, 7) is 12.5. The van der Waals surface area contributed by atoms with E-state index in [0.717, 1.165) is 22.5 Å².